The summed E-state index contributed by atoms with van der Waals surface area (Å²) >= 11 is 5.70. The van der Waals surface area contributed by atoms with Crippen LogP contribution < -0.4 is 0 Å². The first-order valence-electron chi connectivity index (χ1n) is 6.73. The van der Waals surface area contributed by atoms with Gasteiger partial charge in [0, 0.05) is 18.5 Å². The lowest BCUT2D eigenvalue weighted by Gasteiger charge is -2.38. The Balaban J connectivity index is 2.06. The van der Waals surface area contributed by atoms with E-state index in [-0.39, 0.29) is 11.3 Å². The first-order valence-corrected chi connectivity index (χ1v) is 8.76. The van der Waals surface area contributed by atoms with Crippen molar-refractivity contribution >= 4 is 21.6 Å². The molecular weight excluding hydrogens is 258 g/mol. The number of hydrogen-bond donors (Lipinski definition) is 0. The van der Waals surface area contributed by atoms with Gasteiger partial charge in [0.15, 0.2) is 0 Å². The number of hydrogen-bond acceptors (Lipinski definition) is 2. The molecule has 2 aliphatic rings. The van der Waals surface area contributed by atoms with Crippen LogP contribution in [0.1, 0.15) is 51.4 Å². The van der Waals surface area contributed by atoms with E-state index in [9.17, 15) is 8.42 Å². The summed E-state index contributed by atoms with van der Waals surface area (Å²) in [5.41, 5.74) is 0. The topological polar surface area (TPSA) is 37.4 Å². The van der Waals surface area contributed by atoms with Crippen LogP contribution in [0.4, 0.5) is 0 Å². The molecule has 2 saturated carbocycles. The maximum atomic E-state index is 12.6. The molecule has 2 aliphatic carbocycles. The highest BCUT2D eigenvalue weighted by atomic mass is 35.5. The average molecular weight is 280 g/mol. The van der Waals surface area contributed by atoms with E-state index in [0.29, 0.717) is 12.4 Å². The zero-order valence-corrected chi connectivity index (χ0v) is 11.8. The quantitative estimate of drug-likeness (QED) is 0.701. The van der Waals surface area contributed by atoms with Crippen molar-refractivity contribution in [1.82, 2.24) is 4.31 Å². The van der Waals surface area contributed by atoms with Crippen LogP contribution in [-0.4, -0.2) is 36.4 Å². The Labute approximate surface area is 110 Å². The summed E-state index contributed by atoms with van der Waals surface area (Å²) < 4.78 is 26.9. The van der Waals surface area contributed by atoms with Crippen molar-refractivity contribution in [2.75, 3.05) is 12.4 Å². The molecule has 0 unspecified atom stereocenters. The van der Waals surface area contributed by atoms with Gasteiger partial charge in [-0.3, -0.25) is 0 Å². The molecule has 0 atom stereocenters. The van der Waals surface area contributed by atoms with Gasteiger partial charge in [-0.2, -0.15) is 4.31 Å². The van der Waals surface area contributed by atoms with Gasteiger partial charge in [-0.1, -0.05) is 19.3 Å². The van der Waals surface area contributed by atoms with Gasteiger partial charge in [-0.15, -0.1) is 11.6 Å². The highest BCUT2D eigenvalue weighted by Crippen LogP contribution is 2.33. The van der Waals surface area contributed by atoms with E-state index in [4.69, 9.17) is 11.6 Å². The first kappa shape index (κ1) is 13.6. The SMILES string of the molecule is O=S(=O)(C1CCCC1)N(CCCCl)C1CCC1. The second kappa shape index (κ2) is 5.89. The molecule has 0 bridgehead atoms. The maximum absolute atomic E-state index is 12.6. The number of sulfonamides is 1. The standard InChI is InChI=1S/C12H22ClNO2S/c13-9-4-10-14(11-5-3-6-11)17(15,16)12-7-1-2-8-12/h11-12H,1-10H2. The second-order valence-corrected chi connectivity index (χ2v) is 7.73. The van der Waals surface area contributed by atoms with Crippen molar-refractivity contribution in [2.24, 2.45) is 0 Å². The molecule has 0 radical (unpaired) electrons. The van der Waals surface area contributed by atoms with E-state index < -0.39 is 10.0 Å². The molecule has 2 rings (SSSR count). The van der Waals surface area contributed by atoms with E-state index >= 15 is 0 Å². The van der Waals surface area contributed by atoms with Gasteiger partial charge in [0.2, 0.25) is 10.0 Å². The number of nitrogens with zero attached hydrogens (tertiary/aromatic N) is 1. The van der Waals surface area contributed by atoms with Gasteiger partial charge in [0.1, 0.15) is 0 Å². The van der Waals surface area contributed by atoms with E-state index in [0.717, 1.165) is 44.9 Å². The Morgan fingerprint density at radius 2 is 1.71 bits per heavy atom. The molecule has 100 valence electrons. The van der Waals surface area contributed by atoms with Crippen LogP contribution in [0.3, 0.4) is 0 Å². The fourth-order valence-electron chi connectivity index (χ4n) is 2.79. The normalized spacial score (nSPS) is 23.2. The van der Waals surface area contributed by atoms with Gasteiger partial charge < -0.3 is 0 Å². The molecule has 0 heterocycles. The van der Waals surface area contributed by atoms with E-state index in [1.807, 2.05) is 0 Å². The third-order valence-corrected chi connectivity index (χ3v) is 6.76. The van der Waals surface area contributed by atoms with Crippen molar-refractivity contribution in [3.05, 3.63) is 0 Å². The molecule has 0 aromatic rings. The summed E-state index contributed by atoms with van der Waals surface area (Å²) in [5, 5.41) is -0.113. The maximum Gasteiger partial charge on any atom is 0.217 e. The molecule has 0 amide bonds. The number of alkyl halides is 1. The van der Waals surface area contributed by atoms with Crippen LogP contribution in [0, 0.1) is 0 Å². The van der Waals surface area contributed by atoms with Crippen molar-refractivity contribution in [3.8, 4) is 0 Å². The average Bonchev–Trinajstić information content (AvgIpc) is 2.74. The third-order valence-electron chi connectivity index (χ3n) is 4.04. The van der Waals surface area contributed by atoms with E-state index in [1.54, 1.807) is 4.31 Å². The Morgan fingerprint density at radius 1 is 1.06 bits per heavy atom. The Hall–Kier alpha value is 0.200. The lowest BCUT2D eigenvalue weighted by molar-refractivity contribution is 0.218. The minimum absolute atomic E-state index is 0.113. The van der Waals surface area contributed by atoms with Gasteiger partial charge >= 0.3 is 0 Å². The molecule has 0 aromatic carbocycles. The molecule has 0 N–H and O–H groups in total. The minimum atomic E-state index is -3.06. The lowest BCUT2D eigenvalue weighted by Crippen LogP contribution is -2.48. The molecule has 0 spiro atoms. The fourth-order valence-corrected chi connectivity index (χ4v) is 5.23. The lowest BCUT2D eigenvalue weighted by atomic mass is 9.93. The minimum Gasteiger partial charge on any atom is -0.212 e. The largest absolute Gasteiger partial charge is 0.217 e. The van der Waals surface area contributed by atoms with Crippen molar-refractivity contribution in [2.45, 2.75) is 62.7 Å². The van der Waals surface area contributed by atoms with Gasteiger partial charge in [0.25, 0.3) is 0 Å². The predicted molar refractivity (Wildman–Crippen MR) is 70.9 cm³/mol. The summed E-state index contributed by atoms with van der Waals surface area (Å²) in [6.45, 7) is 0.618. The summed E-state index contributed by atoms with van der Waals surface area (Å²) in [6, 6.07) is 0.267. The highest BCUT2D eigenvalue weighted by molar-refractivity contribution is 7.89. The molecule has 3 nitrogen and oxygen atoms in total. The molecule has 17 heavy (non-hydrogen) atoms. The first-order chi connectivity index (χ1) is 8.16. The smallest absolute Gasteiger partial charge is 0.212 e. The zero-order chi connectivity index (χ0) is 12.3. The Kier molecular flexibility index (Phi) is 4.72. The van der Waals surface area contributed by atoms with Gasteiger partial charge in [-0.05, 0) is 32.1 Å². The molecule has 2 fully saturated rings. The number of rotatable bonds is 6. The summed E-state index contributed by atoms with van der Waals surface area (Å²) in [5.74, 6) is 0.545. The van der Waals surface area contributed by atoms with Crippen LogP contribution in [0.5, 0.6) is 0 Å². The second-order valence-electron chi connectivity index (χ2n) is 5.19. The van der Waals surface area contributed by atoms with E-state index in [1.165, 1.54) is 6.42 Å². The summed E-state index contributed by atoms with van der Waals surface area (Å²) in [7, 11) is -3.06. The van der Waals surface area contributed by atoms with Crippen molar-refractivity contribution < 1.29 is 8.42 Å². The molecule has 0 saturated heterocycles. The van der Waals surface area contributed by atoms with Crippen LogP contribution in [0.15, 0.2) is 0 Å². The molecular formula is C12H22ClNO2S. The Morgan fingerprint density at radius 3 is 2.18 bits per heavy atom. The highest BCUT2D eigenvalue weighted by Gasteiger charge is 2.39. The summed E-state index contributed by atoms with van der Waals surface area (Å²) in [4.78, 5) is 0. The number of halogens is 1. The van der Waals surface area contributed by atoms with Crippen LogP contribution in [-0.2, 0) is 10.0 Å². The predicted octanol–water partition coefficient (Wildman–Crippen LogP) is 2.74. The summed E-state index contributed by atoms with van der Waals surface area (Å²) in [6.07, 6.45) is 7.85. The zero-order valence-electron chi connectivity index (χ0n) is 10.3. The van der Waals surface area contributed by atoms with Crippen LogP contribution in [0.2, 0.25) is 0 Å². The van der Waals surface area contributed by atoms with Crippen LogP contribution in [0.25, 0.3) is 0 Å². The molecule has 0 aliphatic heterocycles. The molecule has 0 aromatic heterocycles. The van der Waals surface area contributed by atoms with E-state index in [2.05, 4.69) is 0 Å². The Bertz CT molecular complexity index is 334. The fraction of sp³-hybridized carbons (Fsp3) is 1.00. The monoisotopic (exact) mass is 279 g/mol. The van der Waals surface area contributed by atoms with Gasteiger partial charge in [0.05, 0.1) is 5.25 Å². The van der Waals surface area contributed by atoms with Crippen LogP contribution >= 0.6 is 11.6 Å². The third kappa shape index (κ3) is 2.96. The van der Waals surface area contributed by atoms with Crippen molar-refractivity contribution in [3.63, 3.8) is 0 Å². The molecule has 5 heteroatoms. The van der Waals surface area contributed by atoms with Gasteiger partial charge in [-0.25, -0.2) is 8.42 Å². The van der Waals surface area contributed by atoms with Crippen molar-refractivity contribution in [1.29, 1.82) is 0 Å².